The third kappa shape index (κ3) is 6.83. The van der Waals surface area contributed by atoms with E-state index in [1.165, 1.54) is 0 Å². The van der Waals surface area contributed by atoms with Crippen LogP contribution in [0.3, 0.4) is 0 Å². The second kappa shape index (κ2) is 6.24. The van der Waals surface area contributed by atoms with E-state index in [1.54, 1.807) is 0 Å². The molecule has 0 atom stereocenters. The van der Waals surface area contributed by atoms with Gasteiger partial charge in [-0.3, -0.25) is 4.79 Å². The molecule has 0 rings (SSSR count). The molecule has 0 unspecified atom stereocenters. The highest BCUT2D eigenvalue weighted by molar-refractivity contribution is 5.81. The number of amides is 1. The van der Waals surface area contributed by atoms with Gasteiger partial charge in [0.2, 0.25) is 5.91 Å². The normalized spacial score (nSPS) is 12.6. The van der Waals surface area contributed by atoms with Crippen LogP contribution in [0.4, 0.5) is 0 Å². The number of rotatable bonds is 6. The molecule has 1 amide bonds. The van der Waals surface area contributed by atoms with E-state index in [4.69, 9.17) is 4.74 Å². The Labute approximate surface area is 99.9 Å². The van der Waals surface area contributed by atoms with Gasteiger partial charge in [-0.25, -0.2) is 0 Å². The Hall–Kier alpha value is -0.570. The van der Waals surface area contributed by atoms with Crippen LogP contribution < -0.4 is 5.32 Å². The molecule has 0 aromatic carbocycles. The zero-order valence-electron chi connectivity index (χ0n) is 11.6. The van der Waals surface area contributed by atoms with E-state index in [-0.39, 0.29) is 16.9 Å². The van der Waals surface area contributed by atoms with E-state index >= 15 is 0 Å². The molecular formula is C13H27NO2. The molecule has 0 bridgehead atoms. The van der Waals surface area contributed by atoms with Crippen LogP contribution >= 0.6 is 0 Å². The smallest absolute Gasteiger partial charge is 0.225 e. The van der Waals surface area contributed by atoms with Crippen LogP contribution in [0.15, 0.2) is 0 Å². The fourth-order valence-corrected chi connectivity index (χ4v) is 0.990. The first-order valence-electron chi connectivity index (χ1n) is 6.11. The number of ether oxygens (including phenoxy) is 1. The maximum atomic E-state index is 11.5. The lowest BCUT2D eigenvalue weighted by atomic mass is 9.96. The van der Waals surface area contributed by atoms with Crippen LogP contribution in [-0.2, 0) is 9.53 Å². The van der Waals surface area contributed by atoms with Crippen molar-refractivity contribution < 1.29 is 9.53 Å². The molecule has 0 spiro atoms. The summed E-state index contributed by atoms with van der Waals surface area (Å²) in [5.74, 6) is 0.0993. The summed E-state index contributed by atoms with van der Waals surface area (Å²) in [6, 6.07) is 0. The van der Waals surface area contributed by atoms with E-state index in [2.05, 4.69) is 26.1 Å². The highest BCUT2D eigenvalue weighted by Gasteiger charge is 2.20. The summed E-state index contributed by atoms with van der Waals surface area (Å²) in [5, 5.41) is 2.91. The summed E-state index contributed by atoms with van der Waals surface area (Å²) < 4.78 is 5.69. The minimum Gasteiger partial charge on any atom is -0.376 e. The first-order chi connectivity index (χ1) is 7.19. The molecule has 0 aromatic rings. The SMILES string of the molecule is CCC(C)(C)OCCCNC(=O)C(C)(C)C. The standard InChI is InChI=1S/C13H27NO2/c1-7-13(5,6)16-10-8-9-14-11(15)12(2,3)4/h7-10H2,1-6H3,(H,14,15). The summed E-state index contributed by atoms with van der Waals surface area (Å²) in [7, 11) is 0. The van der Waals surface area contributed by atoms with Crippen molar-refractivity contribution in [1.82, 2.24) is 5.32 Å². The molecule has 16 heavy (non-hydrogen) atoms. The van der Waals surface area contributed by atoms with Crippen LogP contribution in [0.1, 0.15) is 54.4 Å². The first-order valence-corrected chi connectivity index (χ1v) is 6.11. The monoisotopic (exact) mass is 229 g/mol. The van der Waals surface area contributed by atoms with Crippen LogP contribution in [-0.4, -0.2) is 24.7 Å². The van der Waals surface area contributed by atoms with Crippen molar-refractivity contribution in [2.75, 3.05) is 13.2 Å². The van der Waals surface area contributed by atoms with Crippen molar-refractivity contribution in [2.24, 2.45) is 5.41 Å². The Morgan fingerprint density at radius 3 is 2.19 bits per heavy atom. The average Bonchev–Trinajstić information content (AvgIpc) is 2.15. The molecule has 3 heteroatoms. The summed E-state index contributed by atoms with van der Waals surface area (Å²) in [6.07, 6.45) is 1.87. The highest BCUT2D eigenvalue weighted by Crippen LogP contribution is 2.14. The lowest BCUT2D eigenvalue weighted by Gasteiger charge is -2.23. The second-order valence-electron chi connectivity index (χ2n) is 5.82. The number of hydrogen-bond acceptors (Lipinski definition) is 2. The molecule has 0 heterocycles. The third-order valence-corrected chi connectivity index (χ3v) is 2.63. The third-order valence-electron chi connectivity index (χ3n) is 2.63. The van der Waals surface area contributed by atoms with Crippen molar-refractivity contribution in [1.29, 1.82) is 0 Å². The maximum Gasteiger partial charge on any atom is 0.225 e. The van der Waals surface area contributed by atoms with E-state index < -0.39 is 0 Å². The number of carbonyl (C=O) groups is 1. The minimum absolute atomic E-state index is 0.0476. The molecule has 0 saturated carbocycles. The lowest BCUT2D eigenvalue weighted by molar-refractivity contribution is -0.128. The number of carbonyl (C=O) groups excluding carboxylic acids is 1. The van der Waals surface area contributed by atoms with E-state index in [0.29, 0.717) is 13.2 Å². The maximum absolute atomic E-state index is 11.5. The quantitative estimate of drug-likeness (QED) is 0.711. The largest absolute Gasteiger partial charge is 0.376 e. The Morgan fingerprint density at radius 1 is 1.19 bits per heavy atom. The summed E-state index contributed by atoms with van der Waals surface area (Å²) in [5.41, 5.74) is -0.350. The Bertz CT molecular complexity index is 216. The van der Waals surface area contributed by atoms with Crippen LogP contribution in [0.5, 0.6) is 0 Å². The van der Waals surface area contributed by atoms with E-state index in [0.717, 1.165) is 12.8 Å². The predicted molar refractivity (Wildman–Crippen MR) is 67.4 cm³/mol. The Kier molecular flexibility index (Phi) is 6.01. The Balaban J connectivity index is 3.59. The molecule has 0 aliphatic rings. The molecule has 0 aliphatic heterocycles. The molecule has 0 saturated heterocycles. The number of hydrogen-bond donors (Lipinski definition) is 1. The molecular weight excluding hydrogens is 202 g/mol. The zero-order valence-corrected chi connectivity index (χ0v) is 11.6. The predicted octanol–water partition coefficient (Wildman–Crippen LogP) is 2.74. The van der Waals surface area contributed by atoms with Gasteiger partial charge < -0.3 is 10.1 Å². The minimum atomic E-state index is -0.302. The van der Waals surface area contributed by atoms with Gasteiger partial charge in [-0.2, -0.15) is 0 Å². The summed E-state index contributed by atoms with van der Waals surface area (Å²) >= 11 is 0. The van der Waals surface area contributed by atoms with Gasteiger partial charge in [0.05, 0.1) is 5.60 Å². The number of nitrogens with one attached hydrogen (secondary N) is 1. The van der Waals surface area contributed by atoms with Crippen molar-refractivity contribution in [3.8, 4) is 0 Å². The molecule has 0 aliphatic carbocycles. The summed E-state index contributed by atoms with van der Waals surface area (Å²) in [6.45, 7) is 13.4. The van der Waals surface area contributed by atoms with Gasteiger partial charge in [0.15, 0.2) is 0 Å². The van der Waals surface area contributed by atoms with Crippen molar-refractivity contribution >= 4 is 5.91 Å². The molecule has 0 radical (unpaired) electrons. The van der Waals surface area contributed by atoms with E-state index in [9.17, 15) is 4.79 Å². The van der Waals surface area contributed by atoms with Gasteiger partial charge >= 0.3 is 0 Å². The first kappa shape index (κ1) is 15.4. The van der Waals surface area contributed by atoms with Gasteiger partial charge in [-0.15, -0.1) is 0 Å². The zero-order chi connectivity index (χ0) is 12.8. The Morgan fingerprint density at radius 2 is 1.75 bits per heavy atom. The molecule has 0 fully saturated rings. The van der Waals surface area contributed by atoms with Gasteiger partial charge in [0, 0.05) is 18.6 Å². The van der Waals surface area contributed by atoms with Gasteiger partial charge in [-0.1, -0.05) is 27.7 Å². The van der Waals surface area contributed by atoms with Crippen LogP contribution in [0, 0.1) is 5.41 Å². The van der Waals surface area contributed by atoms with Gasteiger partial charge in [0.25, 0.3) is 0 Å². The van der Waals surface area contributed by atoms with Crippen LogP contribution in [0.2, 0.25) is 0 Å². The van der Waals surface area contributed by atoms with Crippen molar-refractivity contribution in [3.63, 3.8) is 0 Å². The van der Waals surface area contributed by atoms with Crippen molar-refractivity contribution in [2.45, 2.75) is 60.0 Å². The average molecular weight is 229 g/mol. The molecule has 1 N–H and O–H groups in total. The van der Waals surface area contributed by atoms with E-state index in [1.807, 2.05) is 20.8 Å². The lowest BCUT2D eigenvalue weighted by Crippen LogP contribution is -2.36. The highest BCUT2D eigenvalue weighted by atomic mass is 16.5. The van der Waals surface area contributed by atoms with Gasteiger partial charge in [0.1, 0.15) is 0 Å². The molecule has 0 aromatic heterocycles. The molecule has 96 valence electrons. The van der Waals surface area contributed by atoms with Crippen LogP contribution in [0.25, 0.3) is 0 Å². The molecule has 3 nitrogen and oxygen atoms in total. The van der Waals surface area contributed by atoms with Gasteiger partial charge in [-0.05, 0) is 26.7 Å². The summed E-state index contributed by atoms with van der Waals surface area (Å²) in [4.78, 5) is 11.5. The van der Waals surface area contributed by atoms with Crippen molar-refractivity contribution in [3.05, 3.63) is 0 Å². The second-order valence-corrected chi connectivity index (χ2v) is 5.82. The topological polar surface area (TPSA) is 38.3 Å². The fraction of sp³-hybridized carbons (Fsp3) is 0.923. The fourth-order valence-electron chi connectivity index (χ4n) is 0.990.